The Hall–Kier alpha value is -2.77. The third kappa shape index (κ3) is 3.84. The molecule has 27 heavy (non-hydrogen) atoms. The monoisotopic (exact) mass is 376 g/mol. The molecule has 8 heteroatoms. The highest BCUT2D eigenvalue weighted by Gasteiger charge is 2.39. The smallest absolute Gasteiger partial charge is 0.308 e. The van der Waals surface area contributed by atoms with Gasteiger partial charge in [-0.3, -0.25) is 14.4 Å². The van der Waals surface area contributed by atoms with Crippen LogP contribution in [0.15, 0.2) is 18.2 Å². The number of amides is 2. The molecule has 2 aliphatic heterocycles. The maximum Gasteiger partial charge on any atom is 0.308 e. The van der Waals surface area contributed by atoms with Crippen LogP contribution in [0.1, 0.15) is 19.3 Å². The molecule has 2 amide bonds. The normalized spacial score (nSPS) is 22.7. The zero-order valence-corrected chi connectivity index (χ0v) is 15.5. The molecule has 2 atom stereocenters. The van der Waals surface area contributed by atoms with Crippen LogP contribution in [0.4, 0.5) is 5.69 Å². The number of likely N-dealkylation sites (tertiary alicyclic amines) is 1. The lowest BCUT2D eigenvalue weighted by Gasteiger charge is -2.32. The molecule has 0 unspecified atom stereocenters. The van der Waals surface area contributed by atoms with E-state index >= 15 is 0 Å². The minimum absolute atomic E-state index is 0.126. The summed E-state index contributed by atoms with van der Waals surface area (Å²) in [6, 6.07) is 5.19. The van der Waals surface area contributed by atoms with Gasteiger partial charge < -0.3 is 24.4 Å². The van der Waals surface area contributed by atoms with Crippen molar-refractivity contribution >= 4 is 23.5 Å². The Morgan fingerprint density at radius 3 is 2.52 bits per heavy atom. The van der Waals surface area contributed by atoms with Crippen LogP contribution < -0.4 is 14.4 Å². The molecule has 2 heterocycles. The number of piperidine rings is 1. The summed E-state index contributed by atoms with van der Waals surface area (Å²) in [4.78, 5) is 39.7. The second-order valence-electron chi connectivity index (χ2n) is 6.91. The van der Waals surface area contributed by atoms with Crippen LogP contribution in [0, 0.1) is 11.8 Å². The van der Waals surface area contributed by atoms with Gasteiger partial charge in [-0.25, -0.2) is 0 Å². The van der Waals surface area contributed by atoms with E-state index in [0.29, 0.717) is 36.6 Å². The first-order valence-corrected chi connectivity index (χ1v) is 8.98. The number of carbonyl (C=O) groups excluding carboxylic acids is 2. The fourth-order valence-corrected chi connectivity index (χ4v) is 3.75. The van der Waals surface area contributed by atoms with Crippen molar-refractivity contribution in [2.75, 3.05) is 38.8 Å². The second kappa shape index (κ2) is 7.85. The van der Waals surface area contributed by atoms with Gasteiger partial charge in [-0.1, -0.05) is 0 Å². The zero-order chi connectivity index (χ0) is 19.6. The van der Waals surface area contributed by atoms with Crippen molar-refractivity contribution in [3.63, 3.8) is 0 Å². The zero-order valence-electron chi connectivity index (χ0n) is 15.5. The SMILES string of the molecule is COc1ccc(N2C[C@@H](C(=O)N3CCC[C@@H](C(=O)O)C3)CC2=O)cc1OC. The van der Waals surface area contributed by atoms with Crippen LogP contribution in [0.5, 0.6) is 11.5 Å². The lowest BCUT2D eigenvalue weighted by Crippen LogP contribution is -2.45. The molecule has 146 valence electrons. The minimum Gasteiger partial charge on any atom is -0.493 e. The number of methoxy groups -OCH3 is 2. The molecular formula is C19H24N2O6. The molecule has 2 saturated heterocycles. The van der Waals surface area contributed by atoms with Gasteiger partial charge in [-0.15, -0.1) is 0 Å². The van der Waals surface area contributed by atoms with Crippen molar-refractivity contribution in [1.29, 1.82) is 0 Å². The number of nitrogens with zero attached hydrogens (tertiary/aromatic N) is 2. The van der Waals surface area contributed by atoms with E-state index in [9.17, 15) is 19.5 Å². The van der Waals surface area contributed by atoms with E-state index in [4.69, 9.17) is 9.47 Å². The summed E-state index contributed by atoms with van der Waals surface area (Å²) in [5, 5.41) is 9.21. The molecule has 2 fully saturated rings. The molecule has 0 spiro atoms. The fourth-order valence-electron chi connectivity index (χ4n) is 3.75. The molecule has 0 aromatic heterocycles. The van der Waals surface area contributed by atoms with Crippen molar-refractivity contribution in [1.82, 2.24) is 4.90 Å². The van der Waals surface area contributed by atoms with Crippen molar-refractivity contribution in [2.45, 2.75) is 19.3 Å². The topological polar surface area (TPSA) is 96.4 Å². The number of benzene rings is 1. The van der Waals surface area contributed by atoms with Crippen LogP contribution in [0.3, 0.4) is 0 Å². The Morgan fingerprint density at radius 2 is 1.85 bits per heavy atom. The summed E-state index contributed by atoms with van der Waals surface area (Å²) in [7, 11) is 3.06. The summed E-state index contributed by atoms with van der Waals surface area (Å²) in [5.74, 6) is -1.06. The predicted octanol–water partition coefficient (Wildman–Crippen LogP) is 1.38. The number of anilines is 1. The van der Waals surface area contributed by atoms with Crippen LogP contribution in [-0.4, -0.2) is 61.6 Å². The van der Waals surface area contributed by atoms with Gasteiger partial charge in [0.05, 0.1) is 26.1 Å². The molecule has 0 aliphatic carbocycles. The Kier molecular flexibility index (Phi) is 5.53. The van der Waals surface area contributed by atoms with E-state index in [0.717, 1.165) is 0 Å². The van der Waals surface area contributed by atoms with Crippen LogP contribution in [0.25, 0.3) is 0 Å². The number of aliphatic carboxylic acids is 1. The maximum atomic E-state index is 12.8. The van der Waals surface area contributed by atoms with Crippen LogP contribution in [0.2, 0.25) is 0 Å². The van der Waals surface area contributed by atoms with E-state index in [-0.39, 0.29) is 31.3 Å². The third-order valence-electron chi connectivity index (χ3n) is 5.24. The first kappa shape index (κ1) is 19.0. The standard InChI is InChI=1S/C19H24N2O6/c1-26-15-6-5-14(9-16(15)27-2)21-11-13(8-17(21)22)18(23)20-7-3-4-12(10-20)19(24)25/h5-6,9,12-13H,3-4,7-8,10-11H2,1-2H3,(H,24,25)/t12-,13+/m1/s1. The molecule has 1 N–H and O–H groups in total. The number of hydrogen-bond donors (Lipinski definition) is 1. The summed E-state index contributed by atoms with van der Waals surface area (Å²) in [6.07, 6.45) is 1.38. The highest BCUT2D eigenvalue weighted by atomic mass is 16.5. The Balaban J connectivity index is 1.71. The van der Waals surface area contributed by atoms with Gasteiger partial charge in [-0.05, 0) is 25.0 Å². The van der Waals surface area contributed by atoms with Crippen LogP contribution in [-0.2, 0) is 14.4 Å². The molecule has 1 aromatic carbocycles. The van der Waals surface area contributed by atoms with Crippen molar-refractivity contribution in [3.05, 3.63) is 18.2 Å². The summed E-state index contributed by atoms with van der Waals surface area (Å²) in [5.41, 5.74) is 0.648. The van der Waals surface area contributed by atoms with Gasteiger partial charge in [-0.2, -0.15) is 0 Å². The molecule has 0 bridgehead atoms. The van der Waals surface area contributed by atoms with Gasteiger partial charge >= 0.3 is 5.97 Å². The lowest BCUT2D eigenvalue weighted by atomic mass is 9.96. The Labute approximate surface area is 157 Å². The quantitative estimate of drug-likeness (QED) is 0.834. The number of rotatable bonds is 5. The molecular weight excluding hydrogens is 352 g/mol. The van der Waals surface area contributed by atoms with E-state index < -0.39 is 17.8 Å². The minimum atomic E-state index is -0.873. The van der Waals surface area contributed by atoms with Gasteiger partial charge in [0.15, 0.2) is 11.5 Å². The number of carbonyl (C=O) groups is 3. The summed E-state index contributed by atoms with van der Waals surface area (Å²) in [6.45, 7) is 1.04. The average molecular weight is 376 g/mol. The fraction of sp³-hybridized carbons (Fsp3) is 0.526. The largest absolute Gasteiger partial charge is 0.493 e. The van der Waals surface area contributed by atoms with Crippen molar-refractivity contribution < 1.29 is 29.0 Å². The number of carboxylic acid groups (broad SMARTS) is 1. The Morgan fingerprint density at radius 1 is 1.11 bits per heavy atom. The van der Waals surface area contributed by atoms with Crippen LogP contribution >= 0.6 is 0 Å². The number of ether oxygens (including phenoxy) is 2. The average Bonchev–Trinajstić information content (AvgIpc) is 3.08. The molecule has 0 radical (unpaired) electrons. The van der Waals surface area contributed by atoms with E-state index in [1.165, 1.54) is 14.2 Å². The van der Waals surface area contributed by atoms with E-state index in [2.05, 4.69) is 0 Å². The first-order chi connectivity index (χ1) is 12.9. The van der Waals surface area contributed by atoms with E-state index in [1.54, 1.807) is 28.0 Å². The Bertz CT molecular complexity index is 750. The molecule has 3 rings (SSSR count). The van der Waals surface area contributed by atoms with Gasteiger partial charge in [0.25, 0.3) is 0 Å². The second-order valence-corrected chi connectivity index (χ2v) is 6.91. The first-order valence-electron chi connectivity index (χ1n) is 8.98. The maximum absolute atomic E-state index is 12.8. The highest BCUT2D eigenvalue weighted by Crippen LogP contribution is 2.34. The predicted molar refractivity (Wildman–Crippen MR) is 96.9 cm³/mol. The lowest BCUT2D eigenvalue weighted by molar-refractivity contribution is -0.146. The van der Waals surface area contributed by atoms with Crippen molar-refractivity contribution in [3.8, 4) is 11.5 Å². The van der Waals surface area contributed by atoms with Gasteiger partial charge in [0.1, 0.15) is 0 Å². The van der Waals surface area contributed by atoms with Gasteiger partial charge in [0, 0.05) is 37.8 Å². The highest BCUT2D eigenvalue weighted by molar-refractivity contribution is 6.00. The third-order valence-corrected chi connectivity index (χ3v) is 5.24. The molecule has 8 nitrogen and oxygen atoms in total. The summed E-state index contributed by atoms with van der Waals surface area (Å²) < 4.78 is 10.5. The summed E-state index contributed by atoms with van der Waals surface area (Å²) >= 11 is 0. The number of carboxylic acids is 1. The van der Waals surface area contributed by atoms with E-state index in [1.807, 2.05) is 0 Å². The molecule has 2 aliphatic rings. The molecule has 0 saturated carbocycles. The molecule has 1 aromatic rings. The van der Waals surface area contributed by atoms with Crippen molar-refractivity contribution in [2.24, 2.45) is 11.8 Å². The number of hydrogen-bond acceptors (Lipinski definition) is 5. The van der Waals surface area contributed by atoms with Gasteiger partial charge in [0.2, 0.25) is 11.8 Å².